The Morgan fingerprint density at radius 2 is 1.88 bits per heavy atom. The van der Waals surface area contributed by atoms with E-state index in [0.29, 0.717) is 11.5 Å². The van der Waals surface area contributed by atoms with Crippen molar-refractivity contribution in [2.45, 2.75) is 51.9 Å². The van der Waals surface area contributed by atoms with Gasteiger partial charge in [-0.25, -0.2) is 0 Å². The predicted molar refractivity (Wildman–Crippen MR) is 65.7 cm³/mol. The molecule has 0 aromatic carbocycles. The van der Waals surface area contributed by atoms with E-state index in [4.69, 9.17) is 14.9 Å². The number of ether oxygens (including phenoxy) is 1. The molecule has 3 N–H and O–H groups in total. The van der Waals surface area contributed by atoms with Crippen molar-refractivity contribution in [1.29, 1.82) is 0 Å². The lowest BCUT2D eigenvalue weighted by Gasteiger charge is -2.63. The standard InChI is InChI=1S/C13H25NO3/c1-12(2,3)11-13(8-14-11)4-9(5-13)17-10(6-15)7-16/h9-11,14-16H,4-8H2,1-3H3. The Morgan fingerprint density at radius 1 is 1.29 bits per heavy atom. The van der Waals surface area contributed by atoms with Gasteiger partial charge in [0.05, 0.1) is 19.3 Å². The Balaban J connectivity index is 1.82. The summed E-state index contributed by atoms with van der Waals surface area (Å²) in [6.07, 6.45) is 1.92. The van der Waals surface area contributed by atoms with Crippen LogP contribution in [-0.4, -0.2) is 48.2 Å². The largest absolute Gasteiger partial charge is 0.394 e. The predicted octanol–water partition coefficient (Wildman–Crippen LogP) is 0.523. The molecule has 1 saturated carbocycles. The van der Waals surface area contributed by atoms with Gasteiger partial charge in [-0.05, 0) is 18.3 Å². The highest BCUT2D eigenvalue weighted by atomic mass is 16.5. The highest BCUT2D eigenvalue weighted by Crippen LogP contribution is 2.54. The quantitative estimate of drug-likeness (QED) is 0.674. The van der Waals surface area contributed by atoms with E-state index >= 15 is 0 Å². The zero-order valence-electron chi connectivity index (χ0n) is 11.1. The summed E-state index contributed by atoms with van der Waals surface area (Å²) in [7, 11) is 0. The van der Waals surface area contributed by atoms with Crippen LogP contribution >= 0.6 is 0 Å². The van der Waals surface area contributed by atoms with Gasteiger partial charge < -0.3 is 20.3 Å². The molecule has 1 saturated heterocycles. The van der Waals surface area contributed by atoms with Gasteiger partial charge in [0.1, 0.15) is 6.10 Å². The molecule has 2 aliphatic rings. The van der Waals surface area contributed by atoms with Crippen molar-refractivity contribution >= 4 is 0 Å². The minimum Gasteiger partial charge on any atom is -0.394 e. The summed E-state index contributed by atoms with van der Waals surface area (Å²) in [6.45, 7) is 7.69. The molecule has 1 heterocycles. The molecule has 1 aliphatic carbocycles. The topological polar surface area (TPSA) is 61.7 Å². The lowest BCUT2D eigenvalue weighted by atomic mass is 9.52. The molecular weight excluding hydrogens is 218 g/mol. The van der Waals surface area contributed by atoms with Crippen LogP contribution in [0.15, 0.2) is 0 Å². The fourth-order valence-corrected chi connectivity index (χ4v) is 3.46. The van der Waals surface area contributed by atoms with Gasteiger partial charge in [-0.1, -0.05) is 20.8 Å². The van der Waals surface area contributed by atoms with Crippen LogP contribution in [0.4, 0.5) is 0 Å². The molecule has 1 spiro atoms. The van der Waals surface area contributed by atoms with Crippen LogP contribution in [0.1, 0.15) is 33.6 Å². The van der Waals surface area contributed by atoms with E-state index in [2.05, 4.69) is 26.1 Å². The van der Waals surface area contributed by atoms with Crippen LogP contribution in [0.5, 0.6) is 0 Å². The second-order valence-corrected chi connectivity index (χ2v) is 6.70. The fourth-order valence-electron chi connectivity index (χ4n) is 3.46. The summed E-state index contributed by atoms with van der Waals surface area (Å²) in [6, 6.07) is 0.566. The molecule has 0 amide bonds. The summed E-state index contributed by atoms with van der Waals surface area (Å²) in [4.78, 5) is 0. The van der Waals surface area contributed by atoms with Crippen molar-refractivity contribution < 1.29 is 14.9 Å². The van der Waals surface area contributed by atoms with Crippen molar-refractivity contribution in [1.82, 2.24) is 5.32 Å². The normalized spacial score (nSPS) is 37.1. The Morgan fingerprint density at radius 3 is 2.24 bits per heavy atom. The SMILES string of the molecule is CC(C)(C)C1NCC12CC(OC(CO)CO)C2. The van der Waals surface area contributed by atoms with Gasteiger partial charge in [-0.15, -0.1) is 0 Å². The lowest BCUT2D eigenvalue weighted by Crippen LogP contribution is -2.73. The van der Waals surface area contributed by atoms with Gasteiger partial charge in [0.15, 0.2) is 0 Å². The van der Waals surface area contributed by atoms with Crippen LogP contribution < -0.4 is 5.32 Å². The molecule has 4 nitrogen and oxygen atoms in total. The molecule has 100 valence electrons. The summed E-state index contributed by atoms with van der Waals surface area (Å²) in [5.74, 6) is 0. The van der Waals surface area contributed by atoms with Crippen LogP contribution in [0, 0.1) is 10.8 Å². The number of aliphatic hydroxyl groups is 2. The number of hydrogen-bond acceptors (Lipinski definition) is 4. The van der Waals surface area contributed by atoms with E-state index in [0.717, 1.165) is 19.4 Å². The molecule has 1 atom stereocenters. The highest BCUT2D eigenvalue weighted by Gasteiger charge is 2.59. The smallest absolute Gasteiger partial charge is 0.104 e. The third-order valence-corrected chi connectivity index (χ3v) is 4.20. The van der Waals surface area contributed by atoms with E-state index in [9.17, 15) is 0 Å². The van der Waals surface area contributed by atoms with Crippen molar-refractivity contribution in [3.63, 3.8) is 0 Å². The molecule has 2 rings (SSSR count). The van der Waals surface area contributed by atoms with Crippen LogP contribution in [-0.2, 0) is 4.74 Å². The van der Waals surface area contributed by atoms with Gasteiger partial charge in [-0.3, -0.25) is 0 Å². The van der Waals surface area contributed by atoms with E-state index in [1.807, 2.05) is 0 Å². The number of nitrogens with one attached hydrogen (secondary N) is 1. The summed E-state index contributed by atoms with van der Waals surface area (Å²) >= 11 is 0. The molecule has 0 bridgehead atoms. The Hall–Kier alpha value is -0.160. The highest BCUT2D eigenvalue weighted by molar-refractivity contribution is 5.13. The first-order valence-corrected chi connectivity index (χ1v) is 6.52. The zero-order valence-corrected chi connectivity index (χ0v) is 11.1. The van der Waals surface area contributed by atoms with E-state index in [1.54, 1.807) is 0 Å². The van der Waals surface area contributed by atoms with E-state index in [1.165, 1.54) is 0 Å². The van der Waals surface area contributed by atoms with Crippen molar-refractivity contribution in [2.24, 2.45) is 10.8 Å². The summed E-state index contributed by atoms with van der Waals surface area (Å²) in [5.41, 5.74) is 0.689. The van der Waals surface area contributed by atoms with E-state index < -0.39 is 6.10 Å². The van der Waals surface area contributed by atoms with Crippen molar-refractivity contribution in [2.75, 3.05) is 19.8 Å². The maximum atomic E-state index is 8.98. The Labute approximate surface area is 103 Å². The van der Waals surface area contributed by atoms with Crippen molar-refractivity contribution in [3.8, 4) is 0 Å². The zero-order chi connectivity index (χ0) is 12.7. The maximum Gasteiger partial charge on any atom is 0.104 e. The van der Waals surface area contributed by atoms with Gasteiger partial charge in [0.2, 0.25) is 0 Å². The molecule has 17 heavy (non-hydrogen) atoms. The van der Waals surface area contributed by atoms with Crippen LogP contribution in [0.25, 0.3) is 0 Å². The van der Waals surface area contributed by atoms with Gasteiger partial charge in [-0.2, -0.15) is 0 Å². The van der Waals surface area contributed by atoms with E-state index in [-0.39, 0.29) is 24.7 Å². The summed E-state index contributed by atoms with van der Waals surface area (Å²) < 4.78 is 5.65. The first-order valence-electron chi connectivity index (χ1n) is 6.52. The molecule has 4 heteroatoms. The molecule has 0 aromatic heterocycles. The molecule has 0 aromatic rings. The molecular formula is C13H25NO3. The minimum atomic E-state index is -0.404. The fraction of sp³-hybridized carbons (Fsp3) is 1.00. The number of rotatable bonds is 4. The number of aliphatic hydroxyl groups excluding tert-OH is 2. The molecule has 0 radical (unpaired) electrons. The van der Waals surface area contributed by atoms with Gasteiger partial charge in [0.25, 0.3) is 0 Å². The Bertz CT molecular complexity index is 264. The minimum absolute atomic E-state index is 0.0963. The molecule has 1 unspecified atom stereocenters. The second-order valence-electron chi connectivity index (χ2n) is 6.70. The first-order chi connectivity index (χ1) is 7.91. The van der Waals surface area contributed by atoms with Crippen LogP contribution in [0.2, 0.25) is 0 Å². The van der Waals surface area contributed by atoms with Gasteiger partial charge >= 0.3 is 0 Å². The Kier molecular flexibility index (Phi) is 3.51. The van der Waals surface area contributed by atoms with Crippen molar-refractivity contribution in [3.05, 3.63) is 0 Å². The molecule has 2 fully saturated rings. The third kappa shape index (κ3) is 2.36. The second kappa shape index (κ2) is 4.50. The summed E-state index contributed by atoms with van der Waals surface area (Å²) in [5, 5.41) is 21.5. The monoisotopic (exact) mass is 243 g/mol. The van der Waals surface area contributed by atoms with Gasteiger partial charge in [0, 0.05) is 18.0 Å². The first kappa shape index (κ1) is 13.3. The maximum absolute atomic E-state index is 8.98. The van der Waals surface area contributed by atoms with Crippen LogP contribution in [0.3, 0.4) is 0 Å². The molecule has 1 aliphatic heterocycles. The third-order valence-electron chi connectivity index (χ3n) is 4.20. The lowest BCUT2D eigenvalue weighted by molar-refractivity contribution is -0.180. The number of hydrogen-bond donors (Lipinski definition) is 3. The average molecular weight is 243 g/mol. The average Bonchev–Trinajstić information content (AvgIpc) is 2.12.